The Bertz CT molecular complexity index is 381. The molecule has 1 aliphatic heterocycles. The number of nitrogens with two attached hydrogens (primary N) is 1. The minimum Gasteiger partial charge on any atom is -0.486 e. The van der Waals surface area contributed by atoms with Gasteiger partial charge in [0.2, 0.25) is 0 Å². The molecule has 0 aromatic heterocycles. The molecule has 94 valence electrons. The molecule has 0 atom stereocenters. The van der Waals surface area contributed by atoms with E-state index in [-0.39, 0.29) is 0 Å². The van der Waals surface area contributed by atoms with Crippen LogP contribution >= 0.6 is 0 Å². The highest BCUT2D eigenvalue weighted by Crippen LogP contribution is 2.33. The van der Waals surface area contributed by atoms with Crippen molar-refractivity contribution in [3.8, 4) is 11.5 Å². The average molecular weight is 239 g/mol. The van der Waals surface area contributed by atoms with Crippen LogP contribution in [0, 0.1) is 0 Å². The van der Waals surface area contributed by atoms with E-state index >= 15 is 0 Å². The Kier molecular flexibility index (Phi) is 4.19. The quantitative estimate of drug-likeness (QED) is 0.778. The molecule has 1 aromatic rings. The van der Waals surface area contributed by atoms with Gasteiger partial charge < -0.3 is 19.0 Å². The molecular weight excluding hydrogens is 222 g/mol. The molecule has 5 heteroatoms. The second-order valence-corrected chi connectivity index (χ2v) is 3.82. The monoisotopic (exact) mass is 239 g/mol. The highest BCUT2D eigenvalue weighted by Gasteiger charge is 2.15. The molecule has 0 amide bonds. The van der Waals surface area contributed by atoms with Gasteiger partial charge >= 0.3 is 0 Å². The van der Waals surface area contributed by atoms with Crippen LogP contribution in [0.4, 0.5) is 0 Å². The minimum atomic E-state index is 0.469. The molecule has 0 spiro atoms. The van der Waals surface area contributed by atoms with Crippen molar-refractivity contribution in [2.75, 3.05) is 26.9 Å². The SMILES string of the molecule is COCc1cc2c(cc1CCON)OCCO2. The number of hydrogen-bond acceptors (Lipinski definition) is 5. The van der Waals surface area contributed by atoms with Crippen LogP contribution in [-0.2, 0) is 22.6 Å². The highest BCUT2D eigenvalue weighted by atomic mass is 16.6. The van der Waals surface area contributed by atoms with Crippen LogP contribution in [0.5, 0.6) is 11.5 Å². The number of hydrogen-bond donors (Lipinski definition) is 1. The van der Waals surface area contributed by atoms with Gasteiger partial charge in [0.1, 0.15) is 13.2 Å². The fraction of sp³-hybridized carbons (Fsp3) is 0.500. The number of benzene rings is 1. The summed E-state index contributed by atoms with van der Waals surface area (Å²) in [7, 11) is 1.67. The van der Waals surface area contributed by atoms with Crippen molar-refractivity contribution >= 4 is 0 Å². The van der Waals surface area contributed by atoms with Crippen molar-refractivity contribution in [2.24, 2.45) is 5.90 Å². The summed E-state index contributed by atoms with van der Waals surface area (Å²) in [6, 6.07) is 3.94. The van der Waals surface area contributed by atoms with Crippen molar-refractivity contribution in [1.29, 1.82) is 0 Å². The van der Waals surface area contributed by atoms with E-state index in [1.807, 2.05) is 12.1 Å². The molecule has 2 rings (SSSR count). The predicted octanol–water partition coefficient (Wildman–Crippen LogP) is 1.04. The lowest BCUT2D eigenvalue weighted by atomic mass is 10.0. The standard InChI is InChI=1S/C12H17NO4/c1-14-8-10-7-12-11(15-4-5-16-12)6-9(10)2-3-17-13/h6-7H,2-5,8,13H2,1H3. The summed E-state index contributed by atoms with van der Waals surface area (Å²) in [6.07, 6.45) is 0.728. The van der Waals surface area contributed by atoms with Crippen molar-refractivity contribution in [2.45, 2.75) is 13.0 Å². The normalized spacial score (nSPS) is 13.8. The molecule has 0 fully saturated rings. The van der Waals surface area contributed by atoms with Gasteiger partial charge in [0.15, 0.2) is 11.5 Å². The molecule has 2 N–H and O–H groups in total. The number of fused-ring (bicyclic) bond motifs is 1. The van der Waals surface area contributed by atoms with Crippen LogP contribution in [0.25, 0.3) is 0 Å². The average Bonchev–Trinajstić information content (AvgIpc) is 2.36. The van der Waals surface area contributed by atoms with Crippen molar-refractivity contribution < 1.29 is 19.0 Å². The van der Waals surface area contributed by atoms with Gasteiger partial charge in [-0.15, -0.1) is 0 Å². The Morgan fingerprint density at radius 2 is 1.82 bits per heavy atom. The minimum absolute atomic E-state index is 0.469. The van der Waals surface area contributed by atoms with Gasteiger partial charge in [-0.1, -0.05) is 0 Å². The lowest BCUT2D eigenvalue weighted by molar-refractivity contribution is 0.139. The first-order valence-corrected chi connectivity index (χ1v) is 5.57. The number of ether oxygens (including phenoxy) is 3. The molecule has 0 saturated heterocycles. The maximum Gasteiger partial charge on any atom is 0.161 e. The smallest absolute Gasteiger partial charge is 0.161 e. The first kappa shape index (κ1) is 12.2. The molecule has 0 unspecified atom stereocenters. The summed E-state index contributed by atoms with van der Waals surface area (Å²) in [4.78, 5) is 4.61. The third kappa shape index (κ3) is 2.88. The highest BCUT2D eigenvalue weighted by molar-refractivity contribution is 5.48. The molecular formula is C12H17NO4. The van der Waals surface area contributed by atoms with Crippen LogP contribution in [0.2, 0.25) is 0 Å². The largest absolute Gasteiger partial charge is 0.486 e. The molecule has 0 aliphatic carbocycles. The van der Waals surface area contributed by atoms with E-state index < -0.39 is 0 Å². The van der Waals surface area contributed by atoms with Crippen LogP contribution < -0.4 is 15.4 Å². The van der Waals surface area contributed by atoms with Gasteiger partial charge in [-0.05, 0) is 29.7 Å². The Morgan fingerprint density at radius 1 is 1.18 bits per heavy atom. The summed E-state index contributed by atoms with van der Waals surface area (Å²) in [5, 5.41) is 0. The van der Waals surface area contributed by atoms with Gasteiger partial charge in [0, 0.05) is 7.11 Å². The summed E-state index contributed by atoms with van der Waals surface area (Å²) < 4.78 is 16.2. The lowest BCUT2D eigenvalue weighted by Gasteiger charge is -2.21. The molecule has 0 saturated carbocycles. The zero-order valence-electron chi connectivity index (χ0n) is 9.90. The predicted molar refractivity (Wildman–Crippen MR) is 62.0 cm³/mol. The molecule has 5 nitrogen and oxygen atoms in total. The van der Waals surface area contributed by atoms with Crippen LogP contribution in [-0.4, -0.2) is 26.9 Å². The third-order valence-electron chi connectivity index (χ3n) is 2.65. The second-order valence-electron chi connectivity index (χ2n) is 3.82. The molecule has 17 heavy (non-hydrogen) atoms. The number of rotatable bonds is 5. The summed E-state index contributed by atoms with van der Waals surface area (Å²) >= 11 is 0. The number of methoxy groups -OCH3 is 1. The molecule has 0 bridgehead atoms. The van der Waals surface area contributed by atoms with E-state index in [1.165, 1.54) is 0 Å². The lowest BCUT2D eigenvalue weighted by Crippen LogP contribution is -2.16. The maximum atomic E-state index is 5.54. The summed E-state index contributed by atoms with van der Waals surface area (Å²) in [5.74, 6) is 6.61. The Morgan fingerprint density at radius 3 is 2.41 bits per heavy atom. The molecule has 0 radical (unpaired) electrons. The van der Waals surface area contributed by atoms with Gasteiger partial charge in [0.05, 0.1) is 13.2 Å². The summed E-state index contributed by atoms with van der Waals surface area (Å²) in [6.45, 7) is 2.18. The summed E-state index contributed by atoms with van der Waals surface area (Å²) in [5.41, 5.74) is 2.19. The zero-order chi connectivity index (χ0) is 12.1. The van der Waals surface area contributed by atoms with Crippen molar-refractivity contribution in [3.63, 3.8) is 0 Å². The fourth-order valence-electron chi connectivity index (χ4n) is 1.86. The van der Waals surface area contributed by atoms with Gasteiger partial charge in [-0.25, -0.2) is 5.90 Å². The molecule has 1 heterocycles. The topological polar surface area (TPSA) is 62.9 Å². The zero-order valence-corrected chi connectivity index (χ0v) is 9.90. The van der Waals surface area contributed by atoms with E-state index in [4.69, 9.17) is 20.1 Å². The van der Waals surface area contributed by atoms with E-state index in [1.54, 1.807) is 7.11 Å². The van der Waals surface area contributed by atoms with Crippen LogP contribution in [0.3, 0.4) is 0 Å². The van der Waals surface area contributed by atoms with E-state index in [2.05, 4.69) is 4.84 Å². The Labute approximate surface area is 100 Å². The molecule has 1 aromatic carbocycles. The Balaban J connectivity index is 2.26. The van der Waals surface area contributed by atoms with Crippen molar-refractivity contribution in [3.05, 3.63) is 23.3 Å². The maximum absolute atomic E-state index is 5.54. The van der Waals surface area contributed by atoms with Gasteiger partial charge in [-0.3, -0.25) is 0 Å². The van der Waals surface area contributed by atoms with E-state index in [0.717, 1.165) is 29.0 Å². The third-order valence-corrected chi connectivity index (χ3v) is 2.65. The second kappa shape index (κ2) is 5.86. The molecule has 1 aliphatic rings. The van der Waals surface area contributed by atoms with Crippen molar-refractivity contribution in [1.82, 2.24) is 0 Å². The Hall–Kier alpha value is -1.30. The van der Waals surface area contributed by atoms with E-state index in [0.29, 0.717) is 26.4 Å². The van der Waals surface area contributed by atoms with Crippen LogP contribution in [0.15, 0.2) is 12.1 Å². The van der Waals surface area contributed by atoms with Crippen LogP contribution in [0.1, 0.15) is 11.1 Å². The van der Waals surface area contributed by atoms with Gasteiger partial charge in [-0.2, -0.15) is 0 Å². The fourth-order valence-corrected chi connectivity index (χ4v) is 1.86. The van der Waals surface area contributed by atoms with E-state index in [9.17, 15) is 0 Å². The first-order chi connectivity index (χ1) is 8.35. The van der Waals surface area contributed by atoms with Gasteiger partial charge in [0.25, 0.3) is 0 Å². The first-order valence-electron chi connectivity index (χ1n) is 5.57.